The monoisotopic (exact) mass is 531 g/mol. The molecule has 5 rings (SSSR count). The van der Waals surface area contributed by atoms with Crippen LogP contribution < -0.4 is 9.46 Å². The highest BCUT2D eigenvalue weighted by atomic mass is 35.5. The quantitative estimate of drug-likeness (QED) is 0.300. The molecule has 2 heterocycles. The summed E-state index contributed by atoms with van der Waals surface area (Å²) in [6.45, 7) is 0. The number of sulfonamides is 1. The molecule has 0 saturated heterocycles. The minimum Gasteiger partial charge on any atom is -0.454 e. The number of ether oxygens (including phenoxy) is 1. The normalized spacial score (nSPS) is 11.5. The lowest BCUT2D eigenvalue weighted by Crippen LogP contribution is -2.15. The van der Waals surface area contributed by atoms with Gasteiger partial charge in [-0.15, -0.1) is 0 Å². The topological polar surface area (TPSA) is 107 Å². The minimum atomic E-state index is -4.45. The summed E-state index contributed by atoms with van der Waals surface area (Å²) in [6, 6.07) is 11.1. The summed E-state index contributed by atoms with van der Waals surface area (Å²) < 4.78 is 66.0. The lowest BCUT2D eigenvalue weighted by Gasteiger charge is -2.14. The van der Waals surface area contributed by atoms with E-state index in [0.29, 0.717) is 39.3 Å². The Labute approximate surface area is 206 Å². The van der Waals surface area contributed by atoms with Gasteiger partial charge in [-0.05, 0) is 35.9 Å². The van der Waals surface area contributed by atoms with Crippen molar-refractivity contribution in [2.45, 2.75) is 4.90 Å². The summed E-state index contributed by atoms with van der Waals surface area (Å²) in [5.74, 6) is -2.65. The molecular formula is C22H12ClF2N5O3S2. The molecule has 5 aromatic rings. The van der Waals surface area contributed by atoms with E-state index in [1.165, 1.54) is 12.1 Å². The van der Waals surface area contributed by atoms with Crippen molar-refractivity contribution in [1.82, 2.24) is 19.3 Å². The van der Waals surface area contributed by atoms with Crippen molar-refractivity contribution in [3.05, 3.63) is 83.9 Å². The predicted molar refractivity (Wildman–Crippen MR) is 127 cm³/mol. The first-order chi connectivity index (χ1) is 16.8. The van der Waals surface area contributed by atoms with Gasteiger partial charge in [0.15, 0.2) is 11.6 Å². The molecule has 0 radical (unpaired) electrons. The predicted octanol–water partition coefficient (Wildman–Crippen LogP) is 5.67. The van der Waals surface area contributed by atoms with E-state index in [2.05, 4.69) is 19.3 Å². The van der Waals surface area contributed by atoms with Gasteiger partial charge in [-0.1, -0.05) is 17.7 Å². The Morgan fingerprint density at radius 1 is 0.886 bits per heavy atom. The van der Waals surface area contributed by atoms with Crippen molar-refractivity contribution in [1.29, 1.82) is 0 Å². The van der Waals surface area contributed by atoms with E-state index in [1.807, 2.05) is 4.72 Å². The number of rotatable bonds is 6. The molecule has 8 nitrogen and oxygen atoms in total. The van der Waals surface area contributed by atoms with Crippen LogP contribution in [0, 0.1) is 11.6 Å². The van der Waals surface area contributed by atoms with E-state index in [-0.39, 0.29) is 10.9 Å². The van der Waals surface area contributed by atoms with E-state index < -0.39 is 32.3 Å². The molecule has 35 heavy (non-hydrogen) atoms. The van der Waals surface area contributed by atoms with Gasteiger partial charge in [0.2, 0.25) is 5.13 Å². The zero-order valence-electron chi connectivity index (χ0n) is 17.3. The molecule has 3 aromatic carbocycles. The van der Waals surface area contributed by atoms with Crippen LogP contribution >= 0.6 is 23.1 Å². The maximum Gasteiger partial charge on any atom is 0.266 e. The van der Waals surface area contributed by atoms with Gasteiger partial charge < -0.3 is 4.74 Å². The van der Waals surface area contributed by atoms with Gasteiger partial charge in [-0.25, -0.2) is 22.2 Å². The van der Waals surface area contributed by atoms with Crippen molar-refractivity contribution < 1.29 is 21.9 Å². The molecule has 0 atom stereocenters. The first kappa shape index (κ1) is 23.0. The standard InChI is InChI=1S/C22H12ClF2N5O3S2/c23-13-2-4-19(14(8-13)12-1-3-17-18(7-12)27-6-5-26-17)33-20-9-16(25)21(10-15(20)24)35(31,32)30-22-28-11-29-34-22/h1-11H,(H,28,29,30). The summed E-state index contributed by atoms with van der Waals surface area (Å²) in [6.07, 6.45) is 4.25. The summed E-state index contributed by atoms with van der Waals surface area (Å²) in [5.41, 5.74) is 2.43. The average Bonchev–Trinajstić information content (AvgIpc) is 3.34. The molecule has 2 aromatic heterocycles. The van der Waals surface area contributed by atoms with Gasteiger partial charge >= 0.3 is 0 Å². The molecule has 0 fully saturated rings. The number of halogens is 3. The van der Waals surface area contributed by atoms with Crippen LogP contribution in [0.25, 0.3) is 22.2 Å². The van der Waals surface area contributed by atoms with E-state index in [4.69, 9.17) is 16.3 Å². The number of fused-ring (bicyclic) bond motifs is 1. The second-order valence-electron chi connectivity index (χ2n) is 7.07. The van der Waals surface area contributed by atoms with E-state index in [0.717, 1.165) is 17.9 Å². The van der Waals surface area contributed by atoms with Crippen LogP contribution in [-0.2, 0) is 10.0 Å². The lowest BCUT2D eigenvalue weighted by atomic mass is 10.0. The van der Waals surface area contributed by atoms with E-state index >= 15 is 0 Å². The Hall–Kier alpha value is -3.74. The first-order valence-electron chi connectivity index (χ1n) is 9.77. The van der Waals surface area contributed by atoms with Gasteiger partial charge in [0, 0.05) is 46.6 Å². The SMILES string of the molecule is O=S(=O)(Nc1ncns1)c1cc(F)c(Oc2ccc(Cl)cc2-c2ccc3nccnc3c2)cc1F. The smallest absolute Gasteiger partial charge is 0.266 e. The molecule has 176 valence electrons. The molecule has 0 aliphatic heterocycles. The third-order valence-corrected chi connectivity index (χ3v) is 7.10. The van der Waals surface area contributed by atoms with E-state index in [1.54, 1.807) is 36.7 Å². The molecule has 0 aliphatic carbocycles. The zero-order chi connectivity index (χ0) is 24.6. The fourth-order valence-corrected chi connectivity index (χ4v) is 5.15. The highest BCUT2D eigenvalue weighted by molar-refractivity contribution is 7.93. The van der Waals surface area contributed by atoms with Crippen LogP contribution in [-0.4, -0.2) is 27.7 Å². The van der Waals surface area contributed by atoms with Crippen LogP contribution in [0.2, 0.25) is 5.02 Å². The number of anilines is 1. The number of nitrogens with zero attached hydrogens (tertiary/aromatic N) is 4. The largest absolute Gasteiger partial charge is 0.454 e. The Morgan fingerprint density at radius 2 is 1.69 bits per heavy atom. The maximum absolute atomic E-state index is 14.9. The van der Waals surface area contributed by atoms with Gasteiger partial charge in [-0.2, -0.15) is 4.37 Å². The number of hydrogen-bond donors (Lipinski definition) is 1. The lowest BCUT2D eigenvalue weighted by molar-refractivity contribution is 0.433. The Morgan fingerprint density at radius 3 is 2.46 bits per heavy atom. The van der Waals surface area contributed by atoms with Crippen LogP contribution in [0.5, 0.6) is 11.5 Å². The third kappa shape index (κ3) is 4.76. The molecular weight excluding hydrogens is 520 g/mol. The second-order valence-corrected chi connectivity index (χ2v) is 9.93. The first-order valence-corrected chi connectivity index (χ1v) is 12.4. The zero-order valence-corrected chi connectivity index (χ0v) is 19.7. The van der Waals surface area contributed by atoms with E-state index in [9.17, 15) is 17.2 Å². The van der Waals surface area contributed by atoms with Gasteiger partial charge in [-0.3, -0.25) is 14.7 Å². The number of benzene rings is 3. The fraction of sp³-hybridized carbons (Fsp3) is 0. The van der Waals surface area contributed by atoms with Crippen LogP contribution in [0.3, 0.4) is 0 Å². The number of hydrogen-bond acceptors (Lipinski definition) is 8. The molecule has 1 N–H and O–H groups in total. The Bertz CT molecular complexity index is 1670. The van der Waals surface area contributed by atoms with Gasteiger partial charge in [0.05, 0.1) is 11.0 Å². The minimum absolute atomic E-state index is 0.0870. The summed E-state index contributed by atoms with van der Waals surface area (Å²) >= 11 is 6.92. The maximum atomic E-state index is 14.9. The number of nitrogens with one attached hydrogen (secondary N) is 1. The van der Waals surface area contributed by atoms with Gasteiger partial charge in [0.1, 0.15) is 22.8 Å². The number of aromatic nitrogens is 4. The van der Waals surface area contributed by atoms with Crippen molar-refractivity contribution in [3.63, 3.8) is 0 Å². The fourth-order valence-electron chi connectivity index (χ4n) is 3.25. The van der Waals surface area contributed by atoms with Crippen molar-refractivity contribution in [3.8, 4) is 22.6 Å². The van der Waals surface area contributed by atoms with Crippen LogP contribution in [0.15, 0.2) is 72.1 Å². The molecule has 0 amide bonds. The molecule has 0 unspecified atom stereocenters. The van der Waals surface area contributed by atoms with Crippen molar-refractivity contribution in [2.24, 2.45) is 0 Å². The molecule has 0 aliphatic rings. The second kappa shape index (κ2) is 9.13. The molecule has 0 saturated carbocycles. The highest BCUT2D eigenvalue weighted by Crippen LogP contribution is 2.38. The molecule has 13 heteroatoms. The van der Waals surface area contributed by atoms with Gasteiger partial charge in [0.25, 0.3) is 10.0 Å². The third-order valence-electron chi connectivity index (χ3n) is 4.80. The van der Waals surface area contributed by atoms with Crippen LogP contribution in [0.4, 0.5) is 13.9 Å². The summed E-state index contributed by atoms with van der Waals surface area (Å²) in [7, 11) is -4.45. The highest BCUT2D eigenvalue weighted by Gasteiger charge is 2.24. The summed E-state index contributed by atoms with van der Waals surface area (Å²) in [4.78, 5) is 11.3. The molecule has 0 bridgehead atoms. The van der Waals surface area contributed by atoms with Crippen LogP contribution in [0.1, 0.15) is 0 Å². The van der Waals surface area contributed by atoms with Crippen molar-refractivity contribution >= 4 is 49.3 Å². The summed E-state index contributed by atoms with van der Waals surface area (Å²) in [5, 5.41) is 0.304. The molecule has 0 spiro atoms. The van der Waals surface area contributed by atoms with Crippen molar-refractivity contribution in [2.75, 3.05) is 4.72 Å². The average molecular weight is 532 g/mol. The Balaban J connectivity index is 1.51. The Kier molecular flexibility index (Phi) is 6.01.